The Morgan fingerprint density at radius 2 is 1.90 bits per heavy atom. The van der Waals surface area contributed by atoms with Gasteiger partial charge in [-0.2, -0.15) is 0 Å². The number of alkyl halides is 2. The second kappa shape index (κ2) is 6.98. The monoisotopic (exact) mass is 297 g/mol. The molecule has 2 rings (SSSR count). The van der Waals surface area contributed by atoms with Crippen molar-refractivity contribution in [2.24, 2.45) is 5.92 Å². The number of hydrogen-bond donors (Lipinski definition) is 2. The topological polar surface area (TPSA) is 49.3 Å². The van der Waals surface area contributed by atoms with Gasteiger partial charge in [0, 0.05) is 25.3 Å². The maximum atomic E-state index is 13.0. The van der Waals surface area contributed by atoms with E-state index in [0.717, 1.165) is 5.56 Å². The standard InChI is InChI=1S/C16H21F2NO2/c17-16(18)9-6-13(7-10-16)15(21)19-11-8-14(20)12-4-2-1-3-5-12/h1-5,13-14,20H,6-11H2,(H,19,21). The molecule has 0 saturated heterocycles. The van der Waals surface area contributed by atoms with Gasteiger partial charge in [-0.05, 0) is 24.8 Å². The Morgan fingerprint density at radius 3 is 2.52 bits per heavy atom. The molecule has 3 nitrogen and oxygen atoms in total. The Morgan fingerprint density at radius 1 is 1.29 bits per heavy atom. The Balaban J connectivity index is 1.70. The lowest BCUT2D eigenvalue weighted by atomic mass is 9.86. The third-order valence-electron chi connectivity index (χ3n) is 3.99. The first-order valence-electron chi connectivity index (χ1n) is 7.36. The average molecular weight is 297 g/mol. The minimum Gasteiger partial charge on any atom is -0.388 e. The van der Waals surface area contributed by atoms with E-state index in [-0.39, 0.29) is 37.5 Å². The number of amides is 1. The van der Waals surface area contributed by atoms with E-state index in [4.69, 9.17) is 0 Å². The van der Waals surface area contributed by atoms with Crippen molar-refractivity contribution in [3.63, 3.8) is 0 Å². The number of aliphatic hydroxyl groups excluding tert-OH is 1. The lowest BCUT2D eigenvalue weighted by Crippen LogP contribution is -2.36. The van der Waals surface area contributed by atoms with Crippen LogP contribution in [0.15, 0.2) is 30.3 Å². The smallest absolute Gasteiger partial charge is 0.248 e. The Labute approximate surface area is 123 Å². The average Bonchev–Trinajstić information content (AvgIpc) is 2.47. The van der Waals surface area contributed by atoms with Gasteiger partial charge in [0.25, 0.3) is 0 Å². The van der Waals surface area contributed by atoms with Crippen molar-refractivity contribution in [2.75, 3.05) is 6.54 Å². The zero-order chi connectivity index (χ0) is 15.3. The zero-order valence-electron chi connectivity index (χ0n) is 11.9. The van der Waals surface area contributed by atoms with Crippen LogP contribution in [0.3, 0.4) is 0 Å². The lowest BCUT2D eigenvalue weighted by molar-refractivity contribution is -0.129. The van der Waals surface area contributed by atoms with Crippen LogP contribution in [0, 0.1) is 5.92 Å². The highest BCUT2D eigenvalue weighted by Gasteiger charge is 2.37. The molecule has 0 bridgehead atoms. The molecule has 1 saturated carbocycles. The largest absolute Gasteiger partial charge is 0.388 e. The first-order chi connectivity index (χ1) is 9.98. The van der Waals surface area contributed by atoms with Gasteiger partial charge in [-0.1, -0.05) is 30.3 Å². The zero-order valence-corrected chi connectivity index (χ0v) is 11.9. The minimum absolute atomic E-state index is 0.175. The van der Waals surface area contributed by atoms with E-state index in [1.807, 2.05) is 30.3 Å². The first kappa shape index (κ1) is 15.9. The molecule has 1 aliphatic carbocycles. The highest BCUT2D eigenvalue weighted by Crippen LogP contribution is 2.36. The summed E-state index contributed by atoms with van der Waals surface area (Å²) < 4.78 is 26.0. The quantitative estimate of drug-likeness (QED) is 0.877. The normalized spacial score (nSPS) is 20.0. The van der Waals surface area contributed by atoms with Gasteiger partial charge in [0.15, 0.2) is 0 Å². The van der Waals surface area contributed by atoms with Crippen LogP contribution >= 0.6 is 0 Å². The van der Waals surface area contributed by atoms with Crippen LogP contribution in [0.1, 0.15) is 43.8 Å². The summed E-state index contributed by atoms with van der Waals surface area (Å²) in [7, 11) is 0. The Kier molecular flexibility index (Phi) is 5.28. The number of halogens is 2. The summed E-state index contributed by atoms with van der Waals surface area (Å²) in [6, 6.07) is 9.22. The van der Waals surface area contributed by atoms with E-state index in [9.17, 15) is 18.7 Å². The molecule has 116 valence electrons. The molecule has 21 heavy (non-hydrogen) atoms. The summed E-state index contributed by atoms with van der Waals surface area (Å²) >= 11 is 0. The second-order valence-electron chi connectivity index (χ2n) is 5.64. The maximum Gasteiger partial charge on any atom is 0.248 e. The fourth-order valence-electron chi connectivity index (χ4n) is 2.62. The van der Waals surface area contributed by atoms with E-state index in [1.165, 1.54) is 0 Å². The molecule has 1 amide bonds. The highest BCUT2D eigenvalue weighted by molar-refractivity contribution is 5.78. The van der Waals surface area contributed by atoms with Crippen LogP contribution in [0.5, 0.6) is 0 Å². The SMILES string of the molecule is O=C(NCCC(O)c1ccccc1)C1CCC(F)(F)CC1. The number of benzene rings is 1. The molecule has 1 aromatic carbocycles. The molecule has 0 radical (unpaired) electrons. The van der Waals surface area contributed by atoms with Crippen molar-refractivity contribution in [3.05, 3.63) is 35.9 Å². The summed E-state index contributed by atoms with van der Waals surface area (Å²) in [5.41, 5.74) is 0.809. The van der Waals surface area contributed by atoms with Gasteiger partial charge in [-0.3, -0.25) is 4.79 Å². The number of nitrogens with one attached hydrogen (secondary N) is 1. The highest BCUT2D eigenvalue weighted by atomic mass is 19.3. The van der Waals surface area contributed by atoms with Crippen LogP contribution in [-0.2, 0) is 4.79 Å². The van der Waals surface area contributed by atoms with Gasteiger partial charge in [0.05, 0.1) is 6.10 Å². The number of rotatable bonds is 5. The van der Waals surface area contributed by atoms with Crippen LogP contribution in [0.2, 0.25) is 0 Å². The van der Waals surface area contributed by atoms with Crippen molar-refractivity contribution in [1.29, 1.82) is 0 Å². The van der Waals surface area contributed by atoms with Crippen molar-refractivity contribution < 1.29 is 18.7 Å². The molecule has 1 aliphatic rings. The molecular weight excluding hydrogens is 276 g/mol. The molecule has 2 N–H and O–H groups in total. The number of carbonyl (C=O) groups excluding carboxylic acids is 1. The molecule has 0 aliphatic heterocycles. The Hall–Kier alpha value is -1.49. The number of hydrogen-bond acceptors (Lipinski definition) is 2. The van der Waals surface area contributed by atoms with Crippen LogP contribution < -0.4 is 5.32 Å². The second-order valence-corrected chi connectivity index (χ2v) is 5.64. The third kappa shape index (κ3) is 4.77. The molecule has 1 atom stereocenters. The fraction of sp³-hybridized carbons (Fsp3) is 0.562. The van der Waals surface area contributed by atoms with Crippen molar-refractivity contribution in [1.82, 2.24) is 5.32 Å². The van der Waals surface area contributed by atoms with Gasteiger partial charge in [0.2, 0.25) is 11.8 Å². The van der Waals surface area contributed by atoms with E-state index in [1.54, 1.807) is 0 Å². The maximum absolute atomic E-state index is 13.0. The molecule has 0 aromatic heterocycles. The first-order valence-corrected chi connectivity index (χ1v) is 7.36. The molecule has 1 fully saturated rings. The van der Waals surface area contributed by atoms with Gasteiger partial charge >= 0.3 is 0 Å². The summed E-state index contributed by atoms with van der Waals surface area (Å²) in [6.45, 7) is 0.349. The van der Waals surface area contributed by atoms with Crippen LogP contribution in [-0.4, -0.2) is 23.5 Å². The van der Waals surface area contributed by atoms with Crippen molar-refractivity contribution in [2.45, 2.75) is 44.1 Å². The number of aliphatic hydroxyl groups is 1. The Bertz CT molecular complexity index is 455. The molecule has 5 heteroatoms. The molecular formula is C16H21F2NO2. The van der Waals surface area contributed by atoms with Gasteiger partial charge in [-0.25, -0.2) is 8.78 Å². The third-order valence-corrected chi connectivity index (χ3v) is 3.99. The predicted octanol–water partition coefficient (Wildman–Crippen LogP) is 3.05. The van der Waals surface area contributed by atoms with E-state index in [2.05, 4.69) is 5.32 Å². The van der Waals surface area contributed by atoms with Crippen molar-refractivity contribution >= 4 is 5.91 Å². The van der Waals surface area contributed by atoms with Gasteiger partial charge in [0.1, 0.15) is 0 Å². The molecule has 1 aromatic rings. The van der Waals surface area contributed by atoms with Crippen LogP contribution in [0.25, 0.3) is 0 Å². The van der Waals surface area contributed by atoms with E-state index < -0.39 is 12.0 Å². The van der Waals surface area contributed by atoms with Crippen molar-refractivity contribution in [3.8, 4) is 0 Å². The lowest BCUT2D eigenvalue weighted by Gasteiger charge is -2.27. The van der Waals surface area contributed by atoms with E-state index in [0.29, 0.717) is 13.0 Å². The van der Waals surface area contributed by atoms with Crippen LogP contribution in [0.4, 0.5) is 8.78 Å². The fourth-order valence-corrected chi connectivity index (χ4v) is 2.62. The summed E-state index contributed by atoms with van der Waals surface area (Å²) in [5.74, 6) is -3.11. The molecule has 0 spiro atoms. The number of carbonyl (C=O) groups is 1. The minimum atomic E-state index is -2.61. The summed E-state index contributed by atoms with van der Waals surface area (Å²) in [5, 5.41) is 12.7. The summed E-state index contributed by atoms with van der Waals surface area (Å²) in [4.78, 5) is 11.9. The van der Waals surface area contributed by atoms with Gasteiger partial charge in [-0.15, -0.1) is 0 Å². The molecule has 0 heterocycles. The summed E-state index contributed by atoms with van der Waals surface area (Å²) in [6.07, 6.45) is -0.156. The molecule has 1 unspecified atom stereocenters. The van der Waals surface area contributed by atoms with E-state index >= 15 is 0 Å². The van der Waals surface area contributed by atoms with Gasteiger partial charge < -0.3 is 10.4 Å². The predicted molar refractivity (Wildman–Crippen MR) is 75.9 cm³/mol.